The predicted molar refractivity (Wildman–Crippen MR) is 80.3 cm³/mol. The minimum absolute atomic E-state index is 0.364. The van der Waals surface area contributed by atoms with E-state index in [0.717, 1.165) is 12.8 Å². The van der Waals surface area contributed by atoms with Crippen LogP contribution in [0.5, 0.6) is 0 Å². The van der Waals surface area contributed by atoms with Crippen molar-refractivity contribution in [3.05, 3.63) is 0 Å². The molecule has 6 nitrogen and oxygen atoms in total. The van der Waals surface area contributed by atoms with Crippen molar-refractivity contribution in [1.82, 2.24) is 0 Å². The molecule has 2 aliphatic heterocycles. The minimum atomic E-state index is -0.994. The second kappa shape index (κ2) is 8.04. The summed E-state index contributed by atoms with van der Waals surface area (Å²) in [5.74, 6) is -0.715. The van der Waals surface area contributed by atoms with Crippen LogP contribution < -0.4 is 0 Å². The molecule has 2 fully saturated rings. The molecule has 0 spiro atoms. The molecule has 0 amide bonds. The van der Waals surface area contributed by atoms with Crippen LogP contribution in [0.2, 0.25) is 0 Å². The number of hydrogen-bond donors (Lipinski definition) is 2. The summed E-state index contributed by atoms with van der Waals surface area (Å²) in [7, 11) is 0. The Kier molecular flexibility index (Phi) is 6.61. The highest BCUT2D eigenvalue weighted by molar-refractivity contribution is 4.96. The Morgan fingerprint density at radius 2 is 1.86 bits per heavy atom. The molecule has 6 heteroatoms. The molecule has 0 unspecified atom stereocenters. The Morgan fingerprint density at radius 3 is 2.55 bits per heavy atom. The van der Waals surface area contributed by atoms with Crippen molar-refractivity contribution in [3.8, 4) is 0 Å². The number of rotatable bonds is 9. The topological polar surface area (TPSA) is 77.4 Å². The van der Waals surface area contributed by atoms with E-state index >= 15 is 0 Å². The van der Waals surface area contributed by atoms with Gasteiger partial charge in [-0.2, -0.15) is 0 Å². The number of fused-ring (bicyclic) bond motifs is 1. The molecule has 0 aromatic rings. The number of aliphatic hydroxyl groups is 2. The van der Waals surface area contributed by atoms with Gasteiger partial charge in [0.2, 0.25) is 0 Å². The van der Waals surface area contributed by atoms with Crippen molar-refractivity contribution in [3.63, 3.8) is 0 Å². The van der Waals surface area contributed by atoms with Gasteiger partial charge < -0.3 is 29.2 Å². The average molecular weight is 318 g/mol. The third kappa shape index (κ3) is 4.40. The van der Waals surface area contributed by atoms with Gasteiger partial charge in [-0.25, -0.2) is 0 Å². The number of aliphatic hydroxyl groups excluding tert-OH is 2. The van der Waals surface area contributed by atoms with Crippen LogP contribution >= 0.6 is 0 Å². The maximum absolute atomic E-state index is 9.92. The first-order chi connectivity index (χ1) is 10.5. The molecule has 0 aliphatic carbocycles. The molecule has 2 heterocycles. The van der Waals surface area contributed by atoms with Gasteiger partial charge in [0.05, 0.1) is 6.61 Å². The molecule has 0 aromatic carbocycles. The van der Waals surface area contributed by atoms with Crippen LogP contribution in [-0.4, -0.2) is 59.9 Å². The zero-order chi connectivity index (χ0) is 16.2. The summed E-state index contributed by atoms with van der Waals surface area (Å²) in [6.07, 6.45) is 2.83. The Labute approximate surface area is 132 Å². The van der Waals surface area contributed by atoms with Crippen molar-refractivity contribution in [2.24, 2.45) is 0 Å². The summed E-state index contributed by atoms with van der Waals surface area (Å²) in [5.41, 5.74) is 0. The first kappa shape index (κ1) is 18.1. The molecule has 22 heavy (non-hydrogen) atoms. The van der Waals surface area contributed by atoms with Crippen LogP contribution in [0.15, 0.2) is 0 Å². The fraction of sp³-hybridized carbons (Fsp3) is 1.00. The zero-order valence-corrected chi connectivity index (χ0v) is 13.9. The van der Waals surface area contributed by atoms with Gasteiger partial charge in [-0.15, -0.1) is 0 Å². The van der Waals surface area contributed by atoms with Gasteiger partial charge in [0.25, 0.3) is 0 Å². The van der Waals surface area contributed by atoms with E-state index in [2.05, 4.69) is 6.92 Å². The number of hydrogen-bond acceptors (Lipinski definition) is 6. The molecular weight excluding hydrogens is 288 g/mol. The fourth-order valence-electron chi connectivity index (χ4n) is 3.03. The summed E-state index contributed by atoms with van der Waals surface area (Å²) in [5, 5.41) is 19.1. The maximum Gasteiger partial charge on any atom is 0.190 e. The molecule has 0 aromatic heterocycles. The highest BCUT2D eigenvalue weighted by Crippen LogP contribution is 2.39. The lowest BCUT2D eigenvalue weighted by molar-refractivity contribution is -0.231. The molecule has 0 radical (unpaired) electrons. The summed E-state index contributed by atoms with van der Waals surface area (Å²) >= 11 is 0. The van der Waals surface area contributed by atoms with Crippen molar-refractivity contribution < 1.29 is 29.2 Å². The van der Waals surface area contributed by atoms with Gasteiger partial charge in [0.1, 0.15) is 24.4 Å². The standard InChI is InChI=1S/C16H30O6/c1-4-5-6-7-8-9-19-13-12(11(18)10-17)20-15-14(13)21-16(2,3)22-15/h11-15,17-18H,4-10H2,1-3H3/t11-,12+,13-,14+,15+/m0/s1. The second-order valence-corrected chi connectivity index (χ2v) is 6.57. The van der Waals surface area contributed by atoms with E-state index in [1.807, 2.05) is 13.8 Å². The van der Waals surface area contributed by atoms with E-state index in [1.165, 1.54) is 19.3 Å². The van der Waals surface area contributed by atoms with Crippen molar-refractivity contribution in [2.75, 3.05) is 13.2 Å². The first-order valence-corrected chi connectivity index (χ1v) is 8.40. The van der Waals surface area contributed by atoms with Crippen LogP contribution in [-0.2, 0) is 18.9 Å². The molecule has 0 bridgehead atoms. The molecular formula is C16H30O6. The second-order valence-electron chi connectivity index (χ2n) is 6.57. The van der Waals surface area contributed by atoms with Crippen molar-refractivity contribution in [2.45, 2.75) is 89.4 Å². The predicted octanol–water partition coefficient (Wildman–Crippen LogP) is 1.57. The highest BCUT2D eigenvalue weighted by atomic mass is 16.8. The van der Waals surface area contributed by atoms with E-state index in [9.17, 15) is 10.2 Å². The molecule has 5 atom stereocenters. The average Bonchev–Trinajstić information content (AvgIpc) is 2.94. The molecule has 2 aliphatic rings. The Morgan fingerprint density at radius 1 is 1.14 bits per heavy atom. The lowest BCUT2D eigenvalue weighted by atomic mass is 10.1. The first-order valence-electron chi connectivity index (χ1n) is 8.40. The number of ether oxygens (including phenoxy) is 4. The molecule has 2 rings (SSSR count). The zero-order valence-electron chi connectivity index (χ0n) is 13.9. The summed E-state index contributed by atoms with van der Waals surface area (Å²) < 4.78 is 23.1. The lowest BCUT2D eigenvalue weighted by Gasteiger charge is -2.28. The maximum atomic E-state index is 9.92. The lowest BCUT2D eigenvalue weighted by Crippen LogP contribution is -2.44. The van der Waals surface area contributed by atoms with Gasteiger partial charge in [0, 0.05) is 6.61 Å². The largest absolute Gasteiger partial charge is 0.394 e. The smallest absolute Gasteiger partial charge is 0.190 e. The molecule has 2 N–H and O–H groups in total. The highest BCUT2D eigenvalue weighted by Gasteiger charge is 2.56. The monoisotopic (exact) mass is 318 g/mol. The van der Waals surface area contributed by atoms with E-state index < -0.39 is 30.4 Å². The van der Waals surface area contributed by atoms with Crippen LogP contribution in [0, 0.1) is 0 Å². The Balaban J connectivity index is 1.85. The summed E-state index contributed by atoms with van der Waals surface area (Å²) in [6.45, 7) is 6.07. The van der Waals surface area contributed by atoms with E-state index in [4.69, 9.17) is 18.9 Å². The molecule has 0 saturated carbocycles. The van der Waals surface area contributed by atoms with Crippen LogP contribution in [0.3, 0.4) is 0 Å². The van der Waals surface area contributed by atoms with Gasteiger partial charge in [-0.05, 0) is 20.3 Å². The van der Waals surface area contributed by atoms with Gasteiger partial charge in [-0.1, -0.05) is 32.6 Å². The Bertz CT molecular complexity index is 335. The van der Waals surface area contributed by atoms with Crippen LogP contribution in [0.4, 0.5) is 0 Å². The van der Waals surface area contributed by atoms with Crippen LogP contribution in [0.25, 0.3) is 0 Å². The van der Waals surface area contributed by atoms with E-state index in [-0.39, 0.29) is 12.7 Å². The van der Waals surface area contributed by atoms with Gasteiger partial charge in [0.15, 0.2) is 12.1 Å². The summed E-state index contributed by atoms with van der Waals surface area (Å²) in [6, 6.07) is 0. The van der Waals surface area contributed by atoms with Crippen LogP contribution in [0.1, 0.15) is 52.9 Å². The quantitative estimate of drug-likeness (QED) is 0.629. The van der Waals surface area contributed by atoms with E-state index in [0.29, 0.717) is 6.61 Å². The minimum Gasteiger partial charge on any atom is -0.394 e. The fourth-order valence-corrected chi connectivity index (χ4v) is 3.03. The number of unbranched alkanes of at least 4 members (excludes halogenated alkanes) is 4. The SMILES string of the molecule is CCCCCCCO[C@@H]1[C@H]2OC(C)(C)O[C@H]2O[C@@H]1[C@@H](O)CO. The third-order valence-corrected chi connectivity index (χ3v) is 4.15. The van der Waals surface area contributed by atoms with Gasteiger partial charge >= 0.3 is 0 Å². The van der Waals surface area contributed by atoms with E-state index in [1.54, 1.807) is 0 Å². The summed E-state index contributed by atoms with van der Waals surface area (Å²) in [4.78, 5) is 0. The van der Waals surface area contributed by atoms with Crippen molar-refractivity contribution in [1.29, 1.82) is 0 Å². The normalized spacial score (nSPS) is 34.8. The molecule has 2 saturated heterocycles. The third-order valence-electron chi connectivity index (χ3n) is 4.15. The van der Waals surface area contributed by atoms with Crippen molar-refractivity contribution >= 4 is 0 Å². The molecule has 130 valence electrons. The van der Waals surface area contributed by atoms with Gasteiger partial charge in [-0.3, -0.25) is 0 Å². The Hall–Kier alpha value is -0.240.